The Bertz CT molecular complexity index is 980. The van der Waals surface area contributed by atoms with Crippen molar-refractivity contribution in [2.24, 2.45) is 0 Å². The molecule has 8 nitrogen and oxygen atoms in total. The monoisotopic (exact) mass is 395 g/mol. The van der Waals surface area contributed by atoms with Crippen LogP contribution in [0, 0.1) is 10.1 Å². The van der Waals surface area contributed by atoms with E-state index in [1.54, 1.807) is 25.4 Å². The van der Waals surface area contributed by atoms with Gasteiger partial charge in [-0.15, -0.1) is 0 Å². The van der Waals surface area contributed by atoms with Crippen LogP contribution in [0.2, 0.25) is 0 Å². The van der Waals surface area contributed by atoms with Gasteiger partial charge in [0.25, 0.3) is 0 Å². The SMILES string of the molecule is COc1ccc(C(CNc2nc3ccccn3c2[N+](=O)[O-])N2CCCCC2)cc1. The van der Waals surface area contributed by atoms with Crippen LogP contribution in [-0.4, -0.2) is 46.0 Å². The van der Waals surface area contributed by atoms with Gasteiger partial charge in [-0.05, 0) is 54.6 Å². The summed E-state index contributed by atoms with van der Waals surface area (Å²) in [5, 5.41) is 14.9. The molecule has 1 aromatic carbocycles. The maximum absolute atomic E-state index is 11.7. The maximum Gasteiger partial charge on any atom is 0.372 e. The van der Waals surface area contributed by atoms with Gasteiger partial charge in [0, 0.05) is 12.6 Å². The highest BCUT2D eigenvalue weighted by molar-refractivity contribution is 5.62. The van der Waals surface area contributed by atoms with E-state index >= 15 is 0 Å². The number of nitrogens with zero attached hydrogens (tertiary/aromatic N) is 4. The van der Waals surface area contributed by atoms with Crippen molar-refractivity contribution in [1.82, 2.24) is 14.3 Å². The Labute approximate surface area is 169 Å². The molecular weight excluding hydrogens is 370 g/mol. The topological polar surface area (TPSA) is 84.9 Å². The number of piperidine rings is 1. The number of rotatable bonds is 7. The minimum atomic E-state index is -0.383. The molecular formula is C21H25N5O3. The van der Waals surface area contributed by atoms with Crippen molar-refractivity contribution in [3.8, 4) is 5.75 Å². The molecule has 3 heterocycles. The molecule has 2 aromatic heterocycles. The molecule has 0 radical (unpaired) electrons. The van der Waals surface area contributed by atoms with Gasteiger partial charge < -0.3 is 20.2 Å². The first-order chi connectivity index (χ1) is 14.2. The molecule has 29 heavy (non-hydrogen) atoms. The highest BCUT2D eigenvalue weighted by Gasteiger charge is 2.26. The fourth-order valence-corrected chi connectivity index (χ4v) is 3.98. The van der Waals surface area contributed by atoms with E-state index in [4.69, 9.17) is 4.74 Å². The number of likely N-dealkylation sites (tertiary alicyclic amines) is 1. The number of nitro groups is 1. The number of anilines is 1. The summed E-state index contributed by atoms with van der Waals surface area (Å²) in [5.41, 5.74) is 1.72. The number of hydrogen-bond acceptors (Lipinski definition) is 6. The van der Waals surface area contributed by atoms with Gasteiger partial charge in [0.15, 0.2) is 0 Å². The molecule has 1 unspecified atom stereocenters. The van der Waals surface area contributed by atoms with Gasteiger partial charge in [-0.25, -0.2) is 0 Å². The molecule has 0 bridgehead atoms. The number of aromatic nitrogens is 2. The number of imidazole rings is 1. The van der Waals surface area contributed by atoms with E-state index in [1.807, 2.05) is 18.2 Å². The van der Waals surface area contributed by atoms with Crippen LogP contribution in [0.25, 0.3) is 5.65 Å². The number of nitrogens with one attached hydrogen (secondary N) is 1. The Morgan fingerprint density at radius 2 is 1.93 bits per heavy atom. The van der Waals surface area contributed by atoms with Gasteiger partial charge in [-0.3, -0.25) is 4.90 Å². The third-order valence-electron chi connectivity index (χ3n) is 5.47. The zero-order chi connectivity index (χ0) is 20.2. The minimum Gasteiger partial charge on any atom is -0.497 e. The van der Waals surface area contributed by atoms with Gasteiger partial charge >= 0.3 is 5.82 Å². The fraction of sp³-hybridized carbons (Fsp3) is 0.381. The van der Waals surface area contributed by atoms with Crippen molar-refractivity contribution in [1.29, 1.82) is 0 Å². The molecule has 3 aromatic rings. The number of ether oxygens (including phenoxy) is 1. The smallest absolute Gasteiger partial charge is 0.372 e. The summed E-state index contributed by atoms with van der Waals surface area (Å²) in [5.74, 6) is 1.08. The first kappa shape index (κ1) is 19.2. The summed E-state index contributed by atoms with van der Waals surface area (Å²) in [4.78, 5) is 18.2. The zero-order valence-electron chi connectivity index (χ0n) is 16.5. The average Bonchev–Trinajstić information content (AvgIpc) is 3.14. The van der Waals surface area contributed by atoms with Crippen molar-refractivity contribution in [3.63, 3.8) is 0 Å². The molecule has 152 valence electrons. The second-order valence-electron chi connectivity index (χ2n) is 7.24. The van der Waals surface area contributed by atoms with Crippen LogP contribution in [-0.2, 0) is 0 Å². The van der Waals surface area contributed by atoms with Crippen LogP contribution in [0.4, 0.5) is 11.6 Å². The van der Waals surface area contributed by atoms with Crippen LogP contribution in [0.15, 0.2) is 48.7 Å². The number of fused-ring (bicyclic) bond motifs is 1. The summed E-state index contributed by atoms with van der Waals surface area (Å²) in [6.45, 7) is 2.58. The van der Waals surface area contributed by atoms with Gasteiger partial charge in [-0.2, -0.15) is 9.38 Å². The van der Waals surface area contributed by atoms with Crippen LogP contribution < -0.4 is 10.1 Å². The minimum absolute atomic E-state index is 0.0345. The first-order valence-electron chi connectivity index (χ1n) is 9.90. The first-order valence-corrected chi connectivity index (χ1v) is 9.90. The van der Waals surface area contributed by atoms with Crippen molar-refractivity contribution >= 4 is 17.3 Å². The second kappa shape index (κ2) is 8.48. The molecule has 0 saturated carbocycles. The predicted molar refractivity (Wildman–Crippen MR) is 111 cm³/mol. The third-order valence-corrected chi connectivity index (χ3v) is 5.47. The predicted octanol–water partition coefficient (Wildman–Crippen LogP) is 3.89. The summed E-state index contributed by atoms with van der Waals surface area (Å²) in [6, 6.07) is 13.5. The van der Waals surface area contributed by atoms with Crippen molar-refractivity contribution < 1.29 is 9.66 Å². The molecule has 1 saturated heterocycles. The van der Waals surface area contributed by atoms with Crippen LogP contribution >= 0.6 is 0 Å². The zero-order valence-corrected chi connectivity index (χ0v) is 16.5. The molecule has 1 aliphatic heterocycles. The number of hydrogen-bond donors (Lipinski definition) is 1. The molecule has 0 aliphatic carbocycles. The van der Waals surface area contributed by atoms with E-state index in [1.165, 1.54) is 23.7 Å². The molecule has 1 aliphatic rings. The lowest BCUT2D eigenvalue weighted by Gasteiger charge is -2.35. The van der Waals surface area contributed by atoms with Crippen LogP contribution in [0.1, 0.15) is 30.9 Å². The Morgan fingerprint density at radius 1 is 1.17 bits per heavy atom. The van der Waals surface area contributed by atoms with E-state index in [0.29, 0.717) is 18.0 Å². The highest BCUT2D eigenvalue weighted by Crippen LogP contribution is 2.29. The largest absolute Gasteiger partial charge is 0.497 e. The Morgan fingerprint density at radius 3 is 2.62 bits per heavy atom. The van der Waals surface area contributed by atoms with Crippen LogP contribution in [0.3, 0.4) is 0 Å². The maximum atomic E-state index is 11.7. The lowest BCUT2D eigenvalue weighted by molar-refractivity contribution is -0.389. The average molecular weight is 395 g/mol. The summed E-state index contributed by atoms with van der Waals surface area (Å²) in [7, 11) is 1.65. The number of pyridine rings is 1. The lowest BCUT2D eigenvalue weighted by atomic mass is 10.0. The molecule has 1 atom stereocenters. The third kappa shape index (κ3) is 4.02. The van der Waals surface area contributed by atoms with Crippen molar-refractivity contribution in [2.75, 3.05) is 32.1 Å². The van der Waals surface area contributed by atoms with E-state index in [2.05, 4.69) is 27.3 Å². The quantitative estimate of drug-likeness (QED) is 0.483. The number of benzene rings is 1. The second-order valence-corrected chi connectivity index (χ2v) is 7.24. The summed E-state index contributed by atoms with van der Waals surface area (Å²) >= 11 is 0. The van der Waals surface area contributed by atoms with Gasteiger partial charge in [0.05, 0.1) is 19.3 Å². The van der Waals surface area contributed by atoms with Crippen molar-refractivity contribution in [2.45, 2.75) is 25.3 Å². The summed E-state index contributed by atoms with van der Waals surface area (Å²) in [6.07, 6.45) is 5.25. The lowest BCUT2D eigenvalue weighted by Crippen LogP contribution is -2.37. The van der Waals surface area contributed by atoms with E-state index < -0.39 is 0 Å². The Hall–Kier alpha value is -3.13. The summed E-state index contributed by atoms with van der Waals surface area (Å²) < 4.78 is 6.79. The van der Waals surface area contributed by atoms with Gasteiger partial charge in [0.1, 0.15) is 5.75 Å². The molecule has 0 amide bonds. The molecule has 8 heteroatoms. The van der Waals surface area contributed by atoms with E-state index in [0.717, 1.165) is 24.4 Å². The van der Waals surface area contributed by atoms with Gasteiger partial charge in [-0.1, -0.05) is 24.6 Å². The van der Waals surface area contributed by atoms with Gasteiger partial charge in [0.2, 0.25) is 11.5 Å². The normalized spacial score (nSPS) is 15.9. The molecule has 4 rings (SSSR count). The van der Waals surface area contributed by atoms with Crippen molar-refractivity contribution in [3.05, 3.63) is 64.3 Å². The van der Waals surface area contributed by atoms with E-state index in [-0.39, 0.29) is 16.8 Å². The fourth-order valence-electron chi connectivity index (χ4n) is 3.98. The van der Waals surface area contributed by atoms with Crippen LogP contribution in [0.5, 0.6) is 5.75 Å². The standard InChI is InChI=1S/C21H25N5O3/c1-29-17-10-8-16(9-11-17)18(24-12-4-2-5-13-24)15-22-20-21(26(27)28)25-14-6-3-7-19(25)23-20/h3,6-11,14,18,22H,2,4-5,12-13,15H2,1H3. The molecule has 0 spiro atoms. The molecule has 1 N–H and O–H groups in total. The number of methoxy groups -OCH3 is 1. The Balaban J connectivity index is 1.61. The Kier molecular flexibility index (Phi) is 5.62. The highest BCUT2D eigenvalue weighted by atomic mass is 16.6. The van der Waals surface area contributed by atoms with E-state index in [9.17, 15) is 10.1 Å². The molecule has 1 fully saturated rings.